The maximum atomic E-state index is 5.71. The van der Waals surface area contributed by atoms with E-state index in [1.54, 1.807) is 0 Å². The topological polar surface area (TPSA) is 26.0 Å². The summed E-state index contributed by atoms with van der Waals surface area (Å²) in [6.07, 6.45) is 13.4. The largest absolute Gasteiger partial charge is 0.325 e. The predicted octanol–water partition coefficient (Wildman–Crippen LogP) is 4.36. The zero-order chi connectivity index (χ0) is 12.4. The van der Waals surface area contributed by atoms with Gasteiger partial charge in [0.05, 0.1) is 0 Å². The zero-order valence-electron chi connectivity index (χ0n) is 11.3. The van der Waals surface area contributed by atoms with Crippen molar-refractivity contribution in [2.45, 2.75) is 59.4 Å². The van der Waals surface area contributed by atoms with Crippen LogP contribution >= 0.6 is 0 Å². The van der Waals surface area contributed by atoms with Gasteiger partial charge in [-0.1, -0.05) is 35.5 Å². The molecule has 0 aromatic heterocycles. The molecule has 0 aromatic carbocycles. The summed E-state index contributed by atoms with van der Waals surface area (Å²) in [4.78, 5) is 0. The molecule has 1 atom stereocenters. The Labute approximate surface area is 101 Å². The van der Waals surface area contributed by atoms with Crippen LogP contribution in [0, 0.1) is 0 Å². The van der Waals surface area contributed by atoms with Crippen molar-refractivity contribution < 1.29 is 0 Å². The van der Waals surface area contributed by atoms with E-state index in [1.165, 1.54) is 17.6 Å². The second-order valence-electron chi connectivity index (χ2n) is 4.57. The lowest BCUT2D eigenvalue weighted by atomic mass is 10.1. The Morgan fingerprint density at radius 1 is 1.12 bits per heavy atom. The molecule has 0 heterocycles. The molecule has 0 aliphatic carbocycles. The molecule has 0 aromatic rings. The molecule has 0 fully saturated rings. The van der Waals surface area contributed by atoms with Crippen LogP contribution in [0.25, 0.3) is 0 Å². The van der Waals surface area contributed by atoms with E-state index in [9.17, 15) is 0 Å². The monoisotopic (exact) mass is 221 g/mol. The number of allylic oxidation sites excluding steroid dienone is 5. The molecule has 0 radical (unpaired) electrons. The van der Waals surface area contributed by atoms with Gasteiger partial charge in [-0.3, -0.25) is 0 Å². The Bertz CT molecular complexity index is 257. The van der Waals surface area contributed by atoms with Crippen LogP contribution in [0.2, 0.25) is 0 Å². The van der Waals surface area contributed by atoms with Crippen molar-refractivity contribution in [3.8, 4) is 0 Å². The molecule has 0 amide bonds. The fourth-order valence-corrected chi connectivity index (χ4v) is 1.66. The van der Waals surface area contributed by atoms with Gasteiger partial charge in [0, 0.05) is 6.04 Å². The third-order valence-electron chi connectivity index (χ3n) is 2.52. The van der Waals surface area contributed by atoms with Gasteiger partial charge in [-0.05, 0) is 53.4 Å². The van der Waals surface area contributed by atoms with Crippen LogP contribution in [0.5, 0.6) is 0 Å². The Hall–Kier alpha value is -0.820. The van der Waals surface area contributed by atoms with Crippen molar-refractivity contribution in [2.75, 3.05) is 0 Å². The average Bonchev–Trinajstić information content (AvgIpc) is 2.17. The van der Waals surface area contributed by atoms with Gasteiger partial charge >= 0.3 is 0 Å². The first-order chi connectivity index (χ1) is 7.56. The number of hydrogen-bond acceptors (Lipinski definition) is 1. The fraction of sp³-hybridized carbons (Fsp3) is 0.600. The highest BCUT2D eigenvalue weighted by Gasteiger charge is 1.93. The summed E-state index contributed by atoms with van der Waals surface area (Å²) in [5.41, 5.74) is 8.59. The summed E-state index contributed by atoms with van der Waals surface area (Å²) in [7, 11) is 0. The van der Waals surface area contributed by atoms with Crippen molar-refractivity contribution in [2.24, 2.45) is 5.73 Å². The summed E-state index contributed by atoms with van der Waals surface area (Å²) in [5.74, 6) is 0. The predicted molar refractivity (Wildman–Crippen MR) is 74.4 cm³/mol. The molecule has 0 aliphatic rings. The van der Waals surface area contributed by atoms with Gasteiger partial charge in [0.1, 0.15) is 0 Å². The molecular formula is C15H27N. The summed E-state index contributed by atoms with van der Waals surface area (Å²) >= 11 is 0. The summed E-state index contributed by atoms with van der Waals surface area (Å²) < 4.78 is 0. The fourth-order valence-electron chi connectivity index (χ4n) is 1.66. The summed E-state index contributed by atoms with van der Waals surface area (Å²) in [5, 5.41) is 0. The van der Waals surface area contributed by atoms with E-state index in [0.29, 0.717) is 0 Å². The van der Waals surface area contributed by atoms with Crippen molar-refractivity contribution in [3.05, 3.63) is 35.5 Å². The molecule has 0 spiro atoms. The van der Waals surface area contributed by atoms with Gasteiger partial charge in [0.2, 0.25) is 0 Å². The van der Waals surface area contributed by atoms with Gasteiger partial charge in [-0.15, -0.1) is 0 Å². The normalized spacial score (nSPS) is 15.8. The van der Waals surface area contributed by atoms with E-state index in [2.05, 4.69) is 45.1 Å². The molecule has 0 rings (SSSR count). The van der Waals surface area contributed by atoms with Crippen LogP contribution in [-0.4, -0.2) is 6.04 Å². The van der Waals surface area contributed by atoms with Gasteiger partial charge < -0.3 is 5.73 Å². The lowest BCUT2D eigenvalue weighted by molar-refractivity contribution is 0.874. The second-order valence-corrected chi connectivity index (χ2v) is 4.57. The minimum absolute atomic E-state index is 0.180. The van der Waals surface area contributed by atoms with Crippen LogP contribution in [-0.2, 0) is 0 Å². The number of rotatable bonds is 7. The van der Waals surface area contributed by atoms with Gasteiger partial charge in [-0.2, -0.15) is 0 Å². The lowest BCUT2D eigenvalue weighted by Gasteiger charge is -2.02. The van der Waals surface area contributed by atoms with Gasteiger partial charge in [-0.25, -0.2) is 0 Å². The van der Waals surface area contributed by atoms with E-state index < -0.39 is 0 Å². The quantitative estimate of drug-likeness (QED) is 0.635. The summed E-state index contributed by atoms with van der Waals surface area (Å²) in [6, 6.07) is 0.180. The molecular weight excluding hydrogens is 194 g/mol. The number of hydrogen-bond donors (Lipinski definition) is 1. The zero-order valence-corrected chi connectivity index (χ0v) is 11.3. The molecule has 0 aliphatic heterocycles. The third-order valence-corrected chi connectivity index (χ3v) is 2.52. The van der Waals surface area contributed by atoms with Crippen LogP contribution in [0.15, 0.2) is 35.5 Å². The minimum atomic E-state index is 0.180. The molecule has 1 unspecified atom stereocenters. The molecule has 0 saturated carbocycles. The lowest BCUT2D eigenvalue weighted by Crippen LogP contribution is -2.11. The second kappa shape index (κ2) is 9.41. The van der Waals surface area contributed by atoms with Crippen LogP contribution < -0.4 is 5.73 Å². The first-order valence-electron chi connectivity index (χ1n) is 6.26. The Morgan fingerprint density at radius 3 is 2.31 bits per heavy atom. The molecule has 16 heavy (non-hydrogen) atoms. The Morgan fingerprint density at radius 2 is 1.75 bits per heavy atom. The maximum Gasteiger partial charge on any atom is 0.0197 e. The van der Waals surface area contributed by atoms with Crippen LogP contribution in [0.1, 0.15) is 53.4 Å². The van der Waals surface area contributed by atoms with Crippen molar-refractivity contribution in [3.63, 3.8) is 0 Å². The van der Waals surface area contributed by atoms with E-state index >= 15 is 0 Å². The highest BCUT2D eigenvalue weighted by atomic mass is 14.6. The first-order valence-corrected chi connectivity index (χ1v) is 6.26. The van der Waals surface area contributed by atoms with Crippen molar-refractivity contribution in [1.82, 2.24) is 0 Å². The van der Waals surface area contributed by atoms with E-state index in [0.717, 1.165) is 19.3 Å². The smallest absolute Gasteiger partial charge is 0.0197 e. The molecule has 0 saturated heterocycles. The summed E-state index contributed by atoms with van der Waals surface area (Å²) in [6.45, 7) is 8.46. The molecule has 92 valence electrons. The SMILES string of the molecule is CC=CCC/C(C)=C/CC/C(C)=C/C(C)N. The van der Waals surface area contributed by atoms with E-state index in [1.807, 2.05) is 6.92 Å². The van der Waals surface area contributed by atoms with Gasteiger partial charge in [0.25, 0.3) is 0 Å². The van der Waals surface area contributed by atoms with Crippen molar-refractivity contribution in [1.29, 1.82) is 0 Å². The van der Waals surface area contributed by atoms with Crippen molar-refractivity contribution >= 4 is 0 Å². The molecule has 1 heteroatoms. The highest BCUT2D eigenvalue weighted by molar-refractivity contribution is 5.06. The average molecular weight is 221 g/mol. The first kappa shape index (κ1) is 15.2. The van der Waals surface area contributed by atoms with Crippen LogP contribution in [0.3, 0.4) is 0 Å². The molecule has 1 nitrogen and oxygen atoms in total. The van der Waals surface area contributed by atoms with Gasteiger partial charge in [0.15, 0.2) is 0 Å². The maximum absolute atomic E-state index is 5.71. The minimum Gasteiger partial charge on any atom is -0.325 e. The van der Waals surface area contributed by atoms with E-state index in [4.69, 9.17) is 5.73 Å². The Balaban J connectivity index is 3.81. The molecule has 2 N–H and O–H groups in total. The van der Waals surface area contributed by atoms with E-state index in [-0.39, 0.29) is 6.04 Å². The standard InChI is InChI=1S/C15H27N/c1-5-6-7-9-13(2)10-8-11-14(3)12-15(4)16/h5-6,10,12,15H,7-9,11,16H2,1-4H3/b6-5?,13-10+,14-12+. The third kappa shape index (κ3) is 9.72. The number of nitrogens with two attached hydrogens (primary N) is 1. The van der Waals surface area contributed by atoms with Crippen LogP contribution in [0.4, 0.5) is 0 Å². The Kier molecular flexibility index (Phi) is 8.93. The highest BCUT2D eigenvalue weighted by Crippen LogP contribution is 2.10. The molecule has 0 bridgehead atoms.